The fraction of sp³-hybridized carbons (Fsp3) is 0.0909. The molecule has 1 aromatic heterocycles. The molecule has 1 amide bonds. The summed E-state index contributed by atoms with van der Waals surface area (Å²) in [5.74, 6) is 0.179. The number of benzene rings is 1. The summed E-state index contributed by atoms with van der Waals surface area (Å²) in [5.41, 5.74) is 0. The molecule has 0 saturated carbocycles. The first-order valence-electron chi connectivity index (χ1n) is 4.60. The largest absolute Gasteiger partial charge is 0.310 e. The molecular weight excluding hydrogens is 291 g/mol. The van der Waals surface area contributed by atoms with Crippen molar-refractivity contribution in [3.63, 3.8) is 0 Å². The topological polar surface area (TPSA) is 42.0 Å². The highest BCUT2D eigenvalue weighted by Crippen LogP contribution is 2.21. The molecule has 2 aromatic rings. The Morgan fingerprint density at radius 1 is 1.38 bits per heavy atom. The van der Waals surface area contributed by atoms with Gasteiger partial charge in [-0.2, -0.15) is 0 Å². The molecule has 0 spiro atoms. The standard InChI is InChI=1S/C11H8BrClN2O/c12-9-2-1-7-6-14-10(4-8(7)3-9)15-11(16)5-13/h1-4,6H,5H2,(H,14,15,16). The van der Waals surface area contributed by atoms with Gasteiger partial charge in [-0.25, -0.2) is 4.98 Å². The summed E-state index contributed by atoms with van der Waals surface area (Å²) in [4.78, 5) is 15.2. The molecule has 0 unspecified atom stereocenters. The maximum absolute atomic E-state index is 11.1. The first-order valence-corrected chi connectivity index (χ1v) is 5.93. The van der Waals surface area contributed by atoms with Crippen LogP contribution in [0.15, 0.2) is 34.9 Å². The smallest absolute Gasteiger partial charge is 0.240 e. The molecule has 0 fully saturated rings. The minimum absolute atomic E-state index is 0.0712. The number of nitrogens with one attached hydrogen (secondary N) is 1. The maximum atomic E-state index is 11.1. The Morgan fingerprint density at radius 2 is 2.19 bits per heavy atom. The molecular formula is C11H8BrClN2O. The molecule has 0 aliphatic carbocycles. The minimum atomic E-state index is -0.261. The van der Waals surface area contributed by atoms with E-state index >= 15 is 0 Å². The Balaban J connectivity index is 2.39. The highest BCUT2D eigenvalue weighted by atomic mass is 79.9. The summed E-state index contributed by atoms with van der Waals surface area (Å²) in [6.07, 6.45) is 1.71. The molecule has 0 aliphatic rings. The van der Waals surface area contributed by atoms with E-state index in [9.17, 15) is 4.79 Å². The van der Waals surface area contributed by atoms with Crippen molar-refractivity contribution in [2.24, 2.45) is 0 Å². The van der Waals surface area contributed by atoms with Crippen LogP contribution in [0.25, 0.3) is 10.8 Å². The van der Waals surface area contributed by atoms with Crippen molar-refractivity contribution in [1.82, 2.24) is 4.98 Å². The first-order chi connectivity index (χ1) is 7.69. The van der Waals surface area contributed by atoms with Crippen molar-refractivity contribution in [3.05, 3.63) is 34.9 Å². The number of nitrogens with zero attached hydrogens (tertiary/aromatic N) is 1. The molecule has 0 saturated heterocycles. The molecule has 0 radical (unpaired) electrons. The summed E-state index contributed by atoms with van der Waals surface area (Å²) in [6, 6.07) is 7.68. The zero-order valence-corrected chi connectivity index (χ0v) is 10.5. The third kappa shape index (κ3) is 2.51. The zero-order chi connectivity index (χ0) is 11.5. The van der Waals surface area contributed by atoms with E-state index in [1.807, 2.05) is 24.3 Å². The van der Waals surface area contributed by atoms with Crippen LogP contribution >= 0.6 is 27.5 Å². The molecule has 2 rings (SSSR count). The Morgan fingerprint density at radius 3 is 2.94 bits per heavy atom. The summed E-state index contributed by atoms with van der Waals surface area (Å²) < 4.78 is 0.987. The second-order valence-electron chi connectivity index (χ2n) is 3.24. The molecule has 0 atom stereocenters. The predicted octanol–water partition coefficient (Wildman–Crippen LogP) is 3.17. The van der Waals surface area contributed by atoms with E-state index in [1.54, 1.807) is 6.20 Å². The Hall–Kier alpha value is -1.13. The van der Waals surface area contributed by atoms with Crippen molar-refractivity contribution < 1.29 is 4.79 Å². The van der Waals surface area contributed by atoms with Crippen LogP contribution in [0.4, 0.5) is 5.82 Å². The molecule has 0 aliphatic heterocycles. The van der Waals surface area contributed by atoms with Gasteiger partial charge >= 0.3 is 0 Å². The van der Waals surface area contributed by atoms with Gasteiger partial charge in [-0.1, -0.05) is 22.0 Å². The fourth-order valence-corrected chi connectivity index (χ4v) is 1.80. The summed E-state index contributed by atoms with van der Waals surface area (Å²) in [7, 11) is 0. The van der Waals surface area contributed by atoms with Crippen LogP contribution in [0.1, 0.15) is 0 Å². The van der Waals surface area contributed by atoms with Gasteiger partial charge < -0.3 is 5.32 Å². The Kier molecular flexibility index (Phi) is 3.41. The van der Waals surface area contributed by atoms with E-state index in [0.29, 0.717) is 5.82 Å². The maximum Gasteiger partial charge on any atom is 0.240 e. The number of rotatable bonds is 2. The zero-order valence-electron chi connectivity index (χ0n) is 8.21. The lowest BCUT2D eigenvalue weighted by molar-refractivity contribution is -0.113. The second-order valence-corrected chi connectivity index (χ2v) is 4.43. The van der Waals surface area contributed by atoms with E-state index in [2.05, 4.69) is 26.2 Å². The molecule has 0 bridgehead atoms. The average Bonchev–Trinajstić information content (AvgIpc) is 2.28. The second kappa shape index (κ2) is 4.80. The number of amides is 1. The van der Waals surface area contributed by atoms with E-state index in [-0.39, 0.29) is 11.8 Å². The minimum Gasteiger partial charge on any atom is -0.310 e. The van der Waals surface area contributed by atoms with Gasteiger partial charge in [-0.05, 0) is 23.6 Å². The van der Waals surface area contributed by atoms with Crippen molar-refractivity contribution in [3.8, 4) is 0 Å². The highest BCUT2D eigenvalue weighted by Gasteiger charge is 2.02. The average molecular weight is 300 g/mol. The normalized spacial score (nSPS) is 10.4. The van der Waals surface area contributed by atoms with E-state index in [1.165, 1.54) is 0 Å². The number of carbonyl (C=O) groups is 1. The number of halogens is 2. The SMILES string of the molecule is O=C(CCl)Nc1cc2cc(Br)ccc2cn1. The molecule has 3 nitrogen and oxygen atoms in total. The van der Waals surface area contributed by atoms with Crippen LogP contribution in [-0.4, -0.2) is 16.8 Å². The monoisotopic (exact) mass is 298 g/mol. The number of hydrogen-bond acceptors (Lipinski definition) is 2. The van der Waals surface area contributed by atoms with E-state index in [4.69, 9.17) is 11.6 Å². The molecule has 1 heterocycles. The lowest BCUT2D eigenvalue weighted by Crippen LogP contribution is -2.13. The fourth-order valence-electron chi connectivity index (χ4n) is 1.36. The quantitative estimate of drug-likeness (QED) is 0.865. The van der Waals surface area contributed by atoms with Crippen LogP contribution < -0.4 is 5.32 Å². The summed E-state index contributed by atoms with van der Waals surface area (Å²) in [5, 5.41) is 4.63. The number of carbonyl (C=O) groups excluding carboxylic acids is 1. The van der Waals surface area contributed by atoms with Gasteiger partial charge in [0.1, 0.15) is 11.7 Å². The van der Waals surface area contributed by atoms with Crippen LogP contribution in [-0.2, 0) is 4.79 Å². The van der Waals surface area contributed by atoms with Gasteiger partial charge in [-0.15, -0.1) is 11.6 Å². The number of pyridine rings is 1. The van der Waals surface area contributed by atoms with E-state index in [0.717, 1.165) is 15.2 Å². The van der Waals surface area contributed by atoms with Gasteiger partial charge in [0.15, 0.2) is 0 Å². The number of anilines is 1. The molecule has 1 aromatic carbocycles. The van der Waals surface area contributed by atoms with E-state index < -0.39 is 0 Å². The number of aromatic nitrogens is 1. The van der Waals surface area contributed by atoms with Crippen LogP contribution in [0, 0.1) is 0 Å². The van der Waals surface area contributed by atoms with Gasteiger partial charge in [0.2, 0.25) is 5.91 Å². The van der Waals surface area contributed by atoms with Gasteiger partial charge in [-0.3, -0.25) is 4.79 Å². The van der Waals surface area contributed by atoms with Crippen molar-refractivity contribution in [2.45, 2.75) is 0 Å². The lowest BCUT2D eigenvalue weighted by Gasteiger charge is -2.04. The third-order valence-corrected chi connectivity index (χ3v) is 2.81. The van der Waals surface area contributed by atoms with Crippen molar-refractivity contribution in [1.29, 1.82) is 0 Å². The van der Waals surface area contributed by atoms with Crippen LogP contribution in [0.5, 0.6) is 0 Å². The molecule has 5 heteroatoms. The number of hydrogen-bond donors (Lipinski definition) is 1. The summed E-state index contributed by atoms with van der Waals surface area (Å²) in [6.45, 7) is 0. The Bertz CT molecular complexity index is 544. The number of fused-ring (bicyclic) bond motifs is 1. The van der Waals surface area contributed by atoms with Gasteiger partial charge in [0.25, 0.3) is 0 Å². The number of alkyl halides is 1. The molecule has 82 valence electrons. The highest BCUT2D eigenvalue weighted by molar-refractivity contribution is 9.10. The van der Waals surface area contributed by atoms with Gasteiger partial charge in [0, 0.05) is 16.1 Å². The van der Waals surface area contributed by atoms with Crippen LogP contribution in [0.2, 0.25) is 0 Å². The lowest BCUT2D eigenvalue weighted by atomic mass is 10.2. The molecule has 16 heavy (non-hydrogen) atoms. The third-order valence-electron chi connectivity index (χ3n) is 2.07. The van der Waals surface area contributed by atoms with Gasteiger partial charge in [0.05, 0.1) is 0 Å². The first kappa shape index (κ1) is 11.4. The molecule has 1 N–H and O–H groups in total. The van der Waals surface area contributed by atoms with Crippen molar-refractivity contribution in [2.75, 3.05) is 11.2 Å². The van der Waals surface area contributed by atoms with Crippen molar-refractivity contribution >= 4 is 50.0 Å². The summed E-state index contributed by atoms with van der Waals surface area (Å²) >= 11 is 8.79. The Labute approximate surface area is 106 Å². The predicted molar refractivity (Wildman–Crippen MR) is 68.8 cm³/mol. The van der Waals surface area contributed by atoms with Crippen LogP contribution in [0.3, 0.4) is 0 Å².